The Hall–Kier alpha value is -3.44. The van der Waals surface area contributed by atoms with E-state index in [2.05, 4.69) is 5.16 Å². The van der Waals surface area contributed by atoms with Crippen LogP contribution in [0, 0.1) is 0 Å². The number of hydrogen-bond donors (Lipinski definition) is 0. The molecule has 0 aliphatic carbocycles. The number of rotatable bonds is 5. The molecule has 12 heteroatoms. The fourth-order valence-electron chi connectivity index (χ4n) is 2.71. The highest BCUT2D eigenvalue weighted by Crippen LogP contribution is 2.39. The Bertz CT molecular complexity index is 1110. The van der Waals surface area contributed by atoms with Gasteiger partial charge in [0.25, 0.3) is 0 Å². The van der Waals surface area contributed by atoms with Crippen molar-refractivity contribution >= 4 is 6.21 Å². The quantitative estimate of drug-likeness (QED) is 0.214. The van der Waals surface area contributed by atoms with E-state index in [0.29, 0.717) is 12.1 Å². The third-order valence-corrected chi connectivity index (χ3v) is 4.24. The molecule has 0 atom stereocenters. The maximum Gasteiger partial charge on any atom is 0.416 e. The molecule has 2 aromatic carbocycles. The molecule has 0 N–H and O–H groups in total. The van der Waals surface area contributed by atoms with E-state index in [1.807, 2.05) is 0 Å². The van der Waals surface area contributed by atoms with Crippen LogP contribution < -0.4 is 0 Å². The molecule has 3 aromatic rings. The Morgan fingerprint density at radius 1 is 0.727 bits per heavy atom. The Morgan fingerprint density at radius 3 is 1.91 bits per heavy atom. The number of alkyl halides is 9. The number of nitrogens with zero attached hydrogens (tertiary/aromatic N) is 1. The molecule has 1 aromatic heterocycles. The first-order valence-corrected chi connectivity index (χ1v) is 8.94. The van der Waals surface area contributed by atoms with Crippen LogP contribution in [0.2, 0.25) is 0 Å². The SMILES string of the molecule is FC(F)(F)c1cccc(CO/N=C/c2ccc(-c3cc(C(F)(F)F)cc(C(F)(F)F)c3)o2)c1. The summed E-state index contributed by atoms with van der Waals surface area (Å²) in [6.45, 7) is -0.323. The zero-order chi connectivity index (χ0) is 24.4. The van der Waals surface area contributed by atoms with Crippen molar-refractivity contribution in [1.82, 2.24) is 0 Å². The monoisotopic (exact) mass is 481 g/mol. The van der Waals surface area contributed by atoms with E-state index in [4.69, 9.17) is 9.25 Å². The number of halogens is 9. The molecule has 33 heavy (non-hydrogen) atoms. The molecule has 1 heterocycles. The molecule has 0 spiro atoms. The van der Waals surface area contributed by atoms with E-state index in [1.54, 1.807) is 0 Å². The molecule has 0 aliphatic heterocycles. The summed E-state index contributed by atoms with van der Waals surface area (Å²) in [5.41, 5.74) is -4.15. The second-order valence-electron chi connectivity index (χ2n) is 6.70. The maximum absolute atomic E-state index is 13.0. The molecule has 0 bridgehead atoms. The minimum absolute atomic E-state index is 0.00354. The number of hydrogen-bond acceptors (Lipinski definition) is 3. The lowest BCUT2D eigenvalue weighted by Gasteiger charge is -2.13. The van der Waals surface area contributed by atoms with Crippen LogP contribution in [0.1, 0.15) is 28.0 Å². The van der Waals surface area contributed by atoms with Crippen molar-refractivity contribution in [2.45, 2.75) is 25.1 Å². The van der Waals surface area contributed by atoms with Gasteiger partial charge in [-0.2, -0.15) is 39.5 Å². The topological polar surface area (TPSA) is 34.7 Å². The molecule has 0 amide bonds. The predicted molar refractivity (Wildman–Crippen MR) is 98.0 cm³/mol. The van der Waals surface area contributed by atoms with Crippen molar-refractivity contribution in [3.05, 3.63) is 82.6 Å². The maximum atomic E-state index is 13.0. The first kappa shape index (κ1) is 24.2. The highest BCUT2D eigenvalue weighted by atomic mass is 19.4. The van der Waals surface area contributed by atoms with Crippen LogP contribution in [0.4, 0.5) is 39.5 Å². The highest BCUT2D eigenvalue weighted by molar-refractivity contribution is 5.77. The molecule has 3 rings (SSSR count). The molecular weight excluding hydrogens is 469 g/mol. The van der Waals surface area contributed by atoms with Crippen molar-refractivity contribution < 1.29 is 48.8 Å². The van der Waals surface area contributed by atoms with Crippen LogP contribution >= 0.6 is 0 Å². The largest absolute Gasteiger partial charge is 0.455 e. The van der Waals surface area contributed by atoms with Gasteiger partial charge in [0, 0.05) is 5.56 Å². The second-order valence-corrected chi connectivity index (χ2v) is 6.70. The predicted octanol–water partition coefficient (Wildman–Crippen LogP) is 7.55. The van der Waals surface area contributed by atoms with E-state index in [-0.39, 0.29) is 29.8 Å². The fraction of sp³-hybridized carbons (Fsp3) is 0.190. The lowest BCUT2D eigenvalue weighted by Crippen LogP contribution is -2.11. The fourth-order valence-corrected chi connectivity index (χ4v) is 2.71. The van der Waals surface area contributed by atoms with Gasteiger partial charge in [0.2, 0.25) is 0 Å². The summed E-state index contributed by atoms with van der Waals surface area (Å²) in [6, 6.07) is 7.70. The van der Waals surface area contributed by atoms with Crippen LogP contribution in [0.25, 0.3) is 11.3 Å². The molecule has 0 fully saturated rings. The van der Waals surface area contributed by atoms with Crippen LogP contribution in [0.5, 0.6) is 0 Å². The summed E-state index contributed by atoms with van der Waals surface area (Å²) in [6.07, 6.45) is -13.6. The highest BCUT2D eigenvalue weighted by Gasteiger charge is 2.37. The lowest BCUT2D eigenvalue weighted by molar-refractivity contribution is -0.143. The van der Waals surface area contributed by atoms with Gasteiger partial charge in [-0.15, -0.1) is 0 Å². The second kappa shape index (κ2) is 8.83. The van der Waals surface area contributed by atoms with Gasteiger partial charge in [0.05, 0.1) is 16.7 Å². The number of oxime groups is 1. The van der Waals surface area contributed by atoms with E-state index in [0.717, 1.165) is 24.4 Å². The minimum atomic E-state index is -5.01. The van der Waals surface area contributed by atoms with Gasteiger partial charge in [-0.25, -0.2) is 0 Å². The molecular formula is C21H12F9NO2. The van der Waals surface area contributed by atoms with E-state index in [9.17, 15) is 39.5 Å². The molecule has 176 valence electrons. The first-order chi connectivity index (χ1) is 15.2. The molecule has 0 aliphatic rings. The van der Waals surface area contributed by atoms with Crippen molar-refractivity contribution in [3.63, 3.8) is 0 Å². The van der Waals surface area contributed by atoms with Gasteiger partial charge in [-0.05, 0) is 48.0 Å². The Kier molecular flexibility index (Phi) is 6.48. The van der Waals surface area contributed by atoms with Crippen LogP contribution in [-0.2, 0) is 30.0 Å². The van der Waals surface area contributed by atoms with Crippen LogP contribution in [0.3, 0.4) is 0 Å². The molecule has 3 nitrogen and oxygen atoms in total. The molecule has 0 saturated heterocycles. The number of furan rings is 1. The summed E-state index contributed by atoms with van der Waals surface area (Å²) in [5.74, 6) is -0.356. The Morgan fingerprint density at radius 2 is 1.33 bits per heavy atom. The van der Waals surface area contributed by atoms with Gasteiger partial charge >= 0.3 is 18.5 Å². The summed E-state index contributed by atoms with van der Waals surface area (Å²) >= 11 is 0. The average molecular weight is 481 g/mol. The molecule has 0 unspecified atom stereocenters. The Labute approximate surface area is 180 Å². The summed E-state index contributed by atoms with van der Waals surface area (Å²) in [5, 5.41) is 3.49. The van der Waals surface area contributed by atoms with Gasteiger partial charge < -0.3 is 9.25 Å². The van der Waals surface area contributed by atoms with Crippen LogP contribution in [0.15, 0.2) is 64.2 Å². The van der Waals surface area contributed by atoms with Crippen LogP contribution in [-0.4, -0.2) is 6.21 Å². The van der Waals surface area contributed by atoms with E-state index < -0.39 is 40.8 Å². The van der Waals surface area contributed by atoms with Gasteiger partial charge in [0.15, 0.2) is 0 Å². The van der Waals surface area contributed by atoms with Gasteiger partial charge in [-0.3, -0.25) is 0 Å². The third kappa shape index (κ3) is 6.30. The first-order valence-electron chi connectivity index (χ1n) is 8.94. The zero-order valence-corrected chi connectivity index (χ0v) is 16.1. The molecule has 0 saturated carbocycles. The van der Waals surface area contributed by atoms with Crippen molar-refractivity contribution in [3.8, 4) is 11.3 Å². The lowest BCUT2D eigenvalue weighted by atomic mass is 10.0. The summed E-state index contributed by atoms with van der Waals surface area (Å²) in [7, 11) is 0. The van der Waals surface area contributed by atoms with Gasteiger partial charge in [-0.1, -0.05) is 17.3 Å². The average Bonchev–Trinajstić information content (AvgIpc) is 3.18. The smallest absolute Gasteiger partial charge is 0.416 e. The van der Waals surface area contributed by atoms with Gasteiger partial charge in [0.1, 0.15) is 24.3 Å². The van der Waals surface area contributed by atoms with E-state index >= 15 is 0 Å². The summed E-state index contributed by atoms with van der Waals surface area (Å²) < 4.78 is 121. The van der Waals surface area contributed by atoms with Crippen molar-refractivity contribution in [1.29, 1.82) is 0 Å². The zero-order valence-electron chi connectivity index (χ0n) is 16.1. The normalized spacial score (nSPS) is 13.0. The third-order valence-electron chi connectivity index (χ3n) is 4.24. The Balaban J connectivity index is 1.74. The van der Waals surface area contributed by atoms with Crippen molar-refractivity contribution in [2.75, 3.05) is 0 Å². The minimum Gasteiger partial charge on any atom is -0.455 e. The molecule has 0 radical (unpaired) electrons. The van der Waals surface area contributed by atoms with E-state index in [1.165, 1.54) is 18.2 Å². The van der Waals surface area contributed by atoms with Crippen molar-refractivity contribution in [2.24, 2.45) is 5.16 Å². The number of benzene rings is 2. The standard InChI is InChI=1S/C21H12F9NO2/c22-19(23,24)14-3-1-2-12(6-14)11-32-31-10-17-4-5-18(33-17)13-7-15(20(25,26)27)9-16(8-13)21(28,29)30/h1-10H,11H2/b31-10+. The summed E-state index contributed by atoms with van der Waals surface area (Å²) in [4.78, 5) is 4.88.